The zero-order chi connectivity index (χ0) is 18.2. The van der Waals surface area contributed by atoms with Crippen molar-refractivity contribution in [3.05, 3.63) is 11.1 Å². The fraction of sp³-hybridized carbons (Fsp3) is 0.864. The van der Waals surface area contributed by atoms with Crippen LogP contribution >= 0.6 is 0 Å². The van der Waals surface area contributed by atoms with Gasteiger partial charge in [0, 0.05) is 5.41 Å². The van der Waals surface area contributed by atoms with Crippen molar-refractivity contribution in [2.24, 2.45) is 28.6 Å². The monoisotopic (exact) mass is 346 g/mol. The van der Waals surface area contributed by atoms with Crippen molar-refractivity contribution in [1.82, 2.24) is 0 Å². The Morgan fingerprint density at radius 3 is 2.40 bits per heavy atom. The molecule has 0 unspecified atom stereocenters. The summed E-state index contributed by atoms with van der Waals surface area (Å²) in [5.41, 5.74) is 1.83. The summed E-state index contributed by atoms with van der Waals surface area (Å²) in [6, 6.07) is 0. The molecule has 0 heterocycles. The molecule has 0 bridgehead atoms. The van der Waals surface area contributed by atoms with Gasteiger partial charge in [-0.05, 0) is 88.4 Å². The molecule has 3 nitrogen and oxygen atoms in total. The number of rotatable bonds is 1. The van der Waals surface area contributed by atoms with Gasteiger partial charge in [-0.1, -0.05) is 25.0 Å². The Hall–Kier alpha value is -0.670. The van der Waals surface area contributed by atoms with Crippen molar-refractivity contribution >= 4 is 5.78 Å². The molecule has 0 radical (unpaired) electrons. The number of hydrogen-bond acceptors (Lipinski definition) is 3. The van der Waals surface area contributed by atoms with Crippen LogP contribution in [0.4, 0.5) is 0 Å². The minimum absolute atomic E-state index is 0.0355. The van der Waals surface area contributed by atoms with Crippen LogP contribution in [0.25, 0.3) is 0 Å². The van der Waals surface area contributed by atoms with E-state index in [2.05, 4.69) is 20.8 Å². The van der Waals surface area contributed by atoms with Gasteiger partial charge in [0.05, 0.1) is 6.10 Å². The molecular formula is C22H34O3. The third kappa shape index (κ3) is 2.15. The van der Waals surface area contributed by atoms with Crippen LogP contribution in [0.2, 0.25) is 0 Å². The third-order valence-corrected chi connectivity index (χ3v) is 9.17. The summed E-state index contributed by atoms with van der Waals surface area (Å²) < 4.78 is 0. The van der Waals surface area contributed by atoms with Crippen LogP contribution in [-0.2, 0) is 4.79 Å². The minimum Gasteiger partial charge on any atom is -0.393 e. The summed E-state index contributed by atoms with van der Waals surface area (Å²) in [5, 5.41) is 21.4. The molecule has 0 aromatic heterocycles. The van der Waals surface area contributed by atoms with E-state index in [4.69, 9.17) is 0 Å². The van der Waals surface area contributed by atoms with Crippen molar-refractivity contribution in [1.29, 1.82) is 0 Å². The van der Waals surface area contributed by atoms with Crippen LogP contribution in [-0.4, -0.2) is 27.7 Å². The van der Waals surface area contributed by atoms with Crippen molar-refractivity contribution in [3.8, 4) is 0 Å². The summed E-state index contributed by atoms with van der Waals surface area (Å²) in [5.74, 6) is 1.63. The van der Waals surface area contributed by atoms with Gasteiger partial charge in [0.15, 0.2) is 5.78 Å². The molecule has 2 N–H and O–H groups in total. The molecule has 0 saturated heterocycles. The number of carbonyl (C=O) groups excluding carboxylic acids is 1. The fourth-order valence-corrected chi connectivity index (χ4v) is 7.69. The van der Waals surface area contributed by atoms with Gasteiger partial charge in [0.25, 0.3) is 0 Å². The van der Waals surface area contributed by atoms with E-state index in [1.165, 1.54) is 11.1 Å². The SMILES string of the molecule is CC(=O)[C@@]1(O)CC[C@H]2[C@@H]3CC(C)=C4C[C@@H](O)CC[C@]4(C)[C@H]3CC[C@@]21C. The molecule has 0 aromatic rings. The maximum absolute atomic E-state index is 12.3. The Morgan fingerprint density at radius 2 is 1.72 bits per heavy atom. The first-order valence-electron chi connectivity index (χ1n) is 10.2. The molecule has 3 saturated carbocycles. The van der Waals surface area contributed by atoms with Gasteiger partial charge in [-0.3, -0.25) is 4.79 Å². The lowest BCUT2D eigenvalue weighted by molar-refractivity contribution is -0.159. The third-order valence-electron chi connectivity index (χ3n) is 9.17. The summed E-state index contributed by atoms with van der Waals surface area (Å²) in [4.78, 5) is 12.3. The van der Waals surface area contributed by atoms with Crippen molar-refractivity contribution < 1.29 is 15.0 Å². The quantitative estimate of drug-likeness (QED) is 0.705. The van der Waals surface area contributed by atoms with Gasteiger partial charge in [-0.15, -0.1) is 0 Å². The number of ketones is 1. The molecule has 0 amide bonds. The Morgan fingerprint density at radius 1 is 1.04 bits per heavy atom. The summed E-state index contributed by atoms with van der Waals surface area (Å²) in [6.45, 7) is 8.46. The van der Waals surface area contributed by atoms with E-state index in [0.717, 1.165) is 44.9 Å². The number of aliphatic hydroxyl groups excluding tert-OH is 1. The molecule has 4 aliphatic carbocycles. The number of allylic oxidation sites excluding steroid dienone is 1. The van der Waals surface area contributed by atoms with Crippen molar-refractivity contribution in [3.63, 3.8) is 0 Å². The first kappa shape index (κ1) is 17.7. The average molecular weight is 347 g/mol. The Balaban J connectivity index is 1.73. The molecule has 25 heavy (non-hydrogen) atoms. The second kappa shape index (κ2) is 5.42. The Bertz CT molecular complexity index is 637. The summed E-state index contributed by atoms with van der Waals surface area (Å²) >= 11 is 0. The van der Waals surface area contributed by atoms with E-state index < -0.39 is 5.60 Å². The first-order valence-corrected chi connectivity index (χ1v) is 10.2. The number of Topliss-reactive ketones (excluding diaryl/α,β-unsaturated/α-hetero) is 1. The molecule has 3 fully saturated rings. The van der Waals surface area contributed by atoms with E-state index in [9.17, 15) is 15.0 Å². The van der Waals surface area contributed by atoms with Gasteiger partial charge in [-0.25, -0.2) is 0 Å². The number of aliphatic hydroxyl groups is 2. The second-order valence-electron chi connectivity index (χ2n) is 10.1. The van der Waals surface area contributed by atoms with Crippen LogP contribution in [0.3, 0.4) is 0 Å². The number of hydrogen-bond donors (Lipinski definition) is 2. The standard InChI is InChI=1S/C22H34O3/c1-13-11-16-17(20(3)8-5-15(24)12-19(13)20)6-9-21(4)18(16)7-10-22(21,25)14(2)23/h15-18,24-25H,5-12H2,1-4H3/t15-,16+,17-,18-,20+,21-,22-/m0/s1. The van der Waals surface area contributed by atoms with E-state index >= 15 is 0 Å². The zero-order valence-electron chi connectivity index (χ0n) is 16.3. The van der Waals surface area contributed by atoms with Crippen molar-refractivity contribution in [2.45, 2.75) is 90.8 Å². The van der Waals surface area contributed by atoms with Gasteiger partial charge in [0.1, 0.15) is 5.60 Å². The molecule has 4 aliphatic rings. The van der Waals surface area contributed by atoms with E-state index in [1.807, 2.05) is 0 Å². The number of fused-ring (bicyclic) bond motifs is 5. The highest BCUT2D eigenvalue weighted by molar-refractivity contribution is 5.86. The molecule has 0 aliphatic heterocycles. The molecule has 0 spiro atoms. The molecule has 3 heteroatoms. The smallest absolute Gasteiger partial charge is 0.161 e. The lowest BCUT2D eigenvalue weighted by atomic mass is 9.46. The normalized spacial score (nSPS) is 52.4. The fourth-order valence-electron chi connectivity index (χ4n) is 7.69. The van der Waals surface area contributed by atoms with E-state index in [0.29, 0.717) is 24.2 Å². The van der Waals surface area contributed by atoms with Gasteiger partial charge in [0.2, 0.25) is 0 Å². The largest absolute Gasteiger partial charge is 0.393 e. The maximum atomic E-state index is 12.3. The predicted molar refractivity (Wildman–Crippen MR) is 98.0 cm³/mol. The van der Waals surface area contributed by atoms with Gasteiger partial charge in [-0.2, -0.15) is 0 Å². The maximum Gasteiger partial charge on any atom is 0.161 e. The van der Waals surface area contributed by atoms with Crippen LogP contribution in [0.1, 0.15) is 79.1 Å². The molecule has 4 rings (SSSR count). The highest BCUT2D eigenvalue weighted by Gasteiger charge is 2.65. The van der Waals surface area contributed by atoms with Crippen LogP contribution < -0.4 is 0 Å². The Labute approximate surface area is 151 Å². The molecule has 7 atom stereocenters. The second-order valence-corrected chi connectivity index (χ2v) is 10.1. The van der Waals surface area contributed by atoms with Crippen LogP contribution in [0.15, 0.2) is 11.1 Å². The summed E-state index contributed by atoms with van der Waals surface area (Å²) in [6.07, 6.45) is 7.46. The van der Waals surface area contributed by atoms with Crippen LogP contribution in [0, 0.1) is 28.6 Å². The van der Waals surface area contributed by atoms with Gasteiger partial charge >= 0.3 is 0 Å². The zero-order valence-corrected chi connectivity index (χ0v) is 16.3. The average Bonchev–Trinajstić information content (AvgIpc) is 2.83. The lowest BCUT2D eigenvalue weighted by Gasteiger charge is -2.59. The molecular weight excluding hydrogens is 312 g/mol. The van der Waals surface area contributed by atoms with E-state index in [1.54, 1.807) is 6.92 Å². The predicted octanol–water partition coefficient (Wildman–Crippen LogP) is 4.02. The first-order chi connectivity index (χ1) is 11.6. The minimum atomic E-state index is -1.12. The highest BCUT2D eigenvalue weighted by atomic mass is 16.3. The Kier molecular flexibility index (Phi) is 3.84. The molecule has 0 aromatic carbocycles. The van der Waals surface area contributed by atoms with Crippen molar-refractivity contribution in [2.75, 3.05) is 0 Å². The molecule has 140 valence electrons. The summed E-state index contributed by atoms with van der Waals surface area (Å²) in [7, 11) is 0. The highest BCUT2D eigenvalue weighted by Crippen LogP contribution is 2.68. The topological polar surface area (TPSA) is 57.5 Å². The number of carbonyl (C=O) groups is 1. The van der Waals surface area contributed by atoms with Gasteiger partial charge < -0.3 is 10.2 Å². The van der Waals surface area contributed by atoms with E-state index in [-0.39, 0.29) is 22.7 Å². The van der Waals surface area contributed by atoms with Crippen LogP contribution in [0.5, 0.6) is 0 Å². The lowest BCUT2D eigenvalue weighted by Crippen LogP contribution is -2.57.